The largest absolute Gasteiger partial charge is 0.336 e. The predicted octanol–water partition coefficient (Wildman–Crippen LogP) is 2.99. The molecule has 0 unspecified atom stereocenters. The molecule has 1 aliphatic carbocycles. The van der Waals surface area contributed by atoms with Gasteiger partial charge in [0, 0.05) is 38.6 Å². The van der Waals surface area contributed by atoms with Crippen LogP contribution in [0.25, 0.3) is 0 Å². The summed E-state index contributed by atoms with van der Waals surface area (Å²) in [6, 6.07) is 0.952. The Bertz CT molecular complexity index is 697. The van der Waals surface area contributed by atoms with E-state index in [1.807, 2.05) is 11.6 Å². The standard InChI is InChI=1S/C22H35N5O/c1-25-15-23-24-21(25)14-26-12-17-11-18(13-26)20(10-16-6-3-2-4-7-16)27-19(17)8-5-9-22(27)28/h15-20H,2-14H2,1H3/t17-,18+,19+,20+/m1/s1. The topological polar surface area (TPSA) is 54.3 Å². The van der Waals surface area contributed by atoms with Gasteiger partial charge >= 0.3 is 0 Å². The zero-order valence-electron chi connectivity index (χ0n) is 17.3. The first-order chi connectivity index (χ1) is 13.7. The van der Waals surface area contributed by atoms with Crippen molar-refractivity contribution < 1.29 is 4.79 Å². The Kier molecular flexibility index (Phi) is 5.16. The summed E-state index contributed by atoms with van der Waals surface area (Å²) < 4.78 is 2.04. The summed E-state index contributed by atoms with van der Waals surface area (Å²) >= 11 is 0. The first-order valence-electron chi connectivity index (χ1n) is 11.6. The Morgan fingerprint density at radius 2 is 1.89 bits per heavy atom. The average Bonchev–Trinajstić information content (AvgIpc) is 3.10. The van der Waals surface area contributed by atoms with Crippen LogP contribution in [-0.2, 0) is 18.4 Å². The van der Waals surface area contributed by atoms with Crippen LogP contribution in [0.3, 0.4) is 0 Å². The second kappa shape index (κ2) is 7.77. The molecule has 6 nitrogen and oxygen atoms in total. The molecule has 4 fully saturated rings. The van der Waals surface area contributed by atoms with E-state index in [4.69, 9.17) is 0 Å². The quantitative estimate of drug-likeness (QED) is 0.800. The minimum atomic E-state index is 0.452. The number of carbonyl (C=O) groups is 1. The molecular weight excluding hydrogens is 350 g/mol. The van der Waals surface area contributed by atoms with Crippen molar-refractivity contribution in [1.82, 2.24) is 24.6 Å². The van der Waals surface area contributed by atoms with Crippen molar-refractivity contribution >= 4 is 5.91 Å². The van der Waals surface area contributed by atoms with Crippen molar-refractivity contribution in [2.24, 2.45) is 24.8 Å². The maximum Gasteiger partial charge on any atom is 0.223 e. The SMILES string of the molecule is Cn1cnnc1CN1C[C@H]2C[C@@H](C1)[C@H](CC1CCCCC1)N1C(=O)CCC[C@@H]21. The summed E-state index contributed by atoms with van der Waals surface area (Å²) in [5.41, 5.74) is 0. The van der Waals surface area contributed by atoms with Crippen molar-refractivity contribution in [1.29, 1.82) is 0 Å². The van der Waals surface area contributed by atoms with E-state index in [0.717, 1.165) is 44.2 Å². The molecule has 28 heavy (non-hydrogen) atoms. The van der Waals surface area contributed by atoms with Crippen LogP contribution in [0.1, 0.15) is 70.0 Å². The third kappa shape index (κ3) is 3.49. The smallest absolute Gasteiger partial charge is 0.223 e. The van der Waals surface area contributed by atoms with Crippen molar-refractivity contribution in [3.63, 3.8) is 0 Å². The van der Waals surface area contributed by atoms with Crippen molar-refractivity contribution in [3.05, 3.63) is 12.2 Å². The van der Waals surface area contributed by atoms with E-state index in [2.05, 4.69) is 20.0 Å². The molecule has 3 aliphatic heterocycles. The molecule has 2 bridgehead atoms. The number of nitrogens with zero attached hydrogens (tertiary/aromatic N) is 5. The number of likely N-dealkylation sites (tertiary alicyclic amines) is 1. The molecule has 1 aromatic rings. The highest BCUT2D eigenvalue weighted by molar-refractivity contribution is 5.78. The molecule has 4 aliphatic rings. The number of aromatic nitrogens is 3. The van der Waals surface area contributed by atoms with Gasteiger partial charge in [0.1, 0.15) is 12.2 Å². The lowest BCUT2D eigenvalue weighted by atomic mass is 9.69. The minimum Gasteiger partial charge on any atom is -0.336 e. The molecule has 5 rings (SSSR count). The summed E-state index contributed by atoms with van der Waals surface area (Å²) in [4.78, 5) is 18.0. The maximum absolute atomic E-state index is 13.0. The zero-order valence-corrected chi connectivity index (χ0v) is 17.3. The van der Waals surface area contributed by atoms with Gasteiger partial charge < -0.3 is 9.47 Å². The summed E-state index contributed by atoms with van der Waals surface area (Å²) in [5, 5.41) is 8.38. The fourth-order valence-corrected chi connectivity index (χ4v) is 6.72. The Hall–Kier alpha value is -1.43. The van der Waals surface area contributed by atoms with Crippen molar-refractivity contribution in [3.8, 4) is 0 Å². The fourth-order valence-electron chi connectivity index (χ4n) is 6.72. The summed E-state index contributed by atoms with van der Waals surface area (Å²) in [6.07, 6.45) is 14.4. The zero-order chi connectivity index (χ0) is 19.1. The van der Waals surface area contributed by atoms with Crippen LogP contribution in [0.2, 0.25) is 0 Å². The van der Waals surface area contributed by atoms with E-state index in [0.29, 0.717) is 29.8 Å². The Morgan fingerprint density at radius 1 is 1.07 bits per heavy atom. The normalized spacial score (nSPS) is 34.5. The Balaban J connectivity index is 1.36. The Labute approximate surface area is 168 Å². The molecule has 3 saturated heterocycles. The molecule has 0 aromatic carbocycles. The van der Waals surface area contributed by atoms with E-state index in [9.17, 15) is 4.79 Å². The number of carbonyl (C=O) groups excluding carboxylic acids is 1. The lowest BCUT2D eigenvalue weighted by Crippen LogP contribution is -2.65. The van der Waals surface area contributed by atoms with Gasteiger partial charge in [-0.05, 0) is 43.4 Å². The summed E-state index contributed by atoms with van der Waals surface area (Å²) in [7, 11) is 2.04. The second-order valence-electron chi connectivity index (χ2n) is 9.88. The third-order valence-electron chi connectivity index (χ3n) is 8.04. The minimum absolute atomic E-state index is 0.452. The number of hydrogen-bond acceptors (Lipinski definition) is 4. The van der Waals surface area contributed by atoms with Crippen molar-refractivity contribution in [2.75, 3.05) is 13.1 Å². The molecule has 154 valence electrons. The fraction of sp³-hybridized carbons (Fsp3) is 0.864. The number of aryl methyl sites for hydroxylation is 1. The molecule has 1 saturated carbocycles. The van der Waals surface area contributed by atoms with Crippen LogP contribution in [0.15, 0.2) is 6.33 Å². The highest BCUT2D eigenvalue weighted by Crippen LogP contribution is 2.44. The predicted molar refractivity (Wildman–Crippen MR) is 107 cm³/mol. The number of amides is 1. The van der Waals surface area contributed by atoms with Gasteiger partial charge in [0.05, 0.1) is 6.54 Å². The molecule has 4 heterocycles. The molecule has 4 atom stereocenters. The van der Waals surface area contributed by atoms with E-state index < -0.39 is 0 Å². The van der Waals surface area contributed by atoms with Gasteiger partial charge in [-0.2, -0.15) is 0 Å². The monoisotopic (exact) mass is 385 g/mol. The average molecular weight is 386 g/mol. The number of fused-ring (bicyclic) bond motifs is 4. The molecular formula is C22H35N5O. The van der Waals surface area contributed by atoms with Crippen LogP contribution < -0.4 is 0 Å². The first-order valence-corrected chi connectivity index (χ1v) is 11.6. The third-order valence-corrected chi connectivity index (χ3v) is 8.04. The first kappa shape index (κ1) is 18.6. The number of piperidine rings is 3. The number of hydrogen-bond donors (Lipinski definition) is 0. The molecule has 0 spiro atoms. The molecule has 1 aromatic heterocycles. The highest BCUT2D eigenvalue weighted by Gasteiger charge is 2.49. The molecule has 6 heteroatoms. The van der Waals surface area contributed by atoms with Crippen LogP contribution in [-0.4, -0.2) is 55.6 Å². The van der Waals surface area contributed by atoms with E-state index in [1.165, 1.54) is 51.4 Å². The maximum atomic E-state index is 13.0. The van der Waals surface area contributed by atoms with E-state index in [1.54, 1.807) is 6.33 Å². The van der Waals surface area contributed by atoms with Crippen LogP contribution >= 0.6 is 0 Å². The molecule has 1 amide bonds. The number of rotatable bonds is 4. The van der Waals surface area contributed by atoms with Gasteiger partial charge in [0.2, 0.25) is 5.91 Å². The van der Waals surface area contributed by atoms with E-state index in [-0.39, 0.29) is 0 Å². The molecule has 0 N–H and O–H groups in total. The summed E-state index contributed by atoms with van der Waals surface area (Å²) in [6.45, 7) is 3.10. The van der Waals surface area contributed by atoms with Crippen LogP contribution in [0.5, 0.6) is 0 Å². The lowest BCUT2D eigenvalue weighted by molar-refractivity contribution is -0.154. The van der Waals surface area contributed by atoms with Gasteiger partial charge in [0.15, 0.2) is 0 Å². The second-order valence-corrected chi connectivity index (χ2v) is 9.88. The Morgan fingerprint density at radius 3 is 2.68 bits per heavy atom. The van der Waals surface area contributed by atoms with Gasteiger partial charge in [0.25, 0.3) is 0 Å². The van der Waals surface area contributed by atoms with Crippen LogP contribution in [0, 0.1) is 17.8 Å². The van der Waals surface area contributed by atoms with Crippen LogP contribution in [0.4, 0.5) is 0 Å². The molecule has 0 radical (unpaired) electrons. The lowest BCUT2D eigenvalue weighted by Gasteiger charge is -2.57. The van der Waals surface area contributed by atoms with E-state index >= 15 is 0 Å². The van der Waals surface area contributed by atoms with Gasteiger partial charge in [-0.3, -0.25) is 9.69 Å². The van der Waals surface area contributed by atoms with Gasteiger partial charge in [-0.25, -0.2) is 0 Å². The highest BCUT2D eigenvalue weighted by atomic mass is 16.2. The van der Waals surface area contributed by atoms with Crippen molar-refractivity contribution in [2.45, 2.75) is 82.8 Å². The summed E-state index contributed by atoms with van der Waals surface area (Å²) in [5.74, 6) is 3.61. The van der Waals surface area contributed by atoms with Gasteiger partial charge in [-0.1, -0.05) is 32.1 Å². The van der Waals surface area contributed by atoms with Gasteiger partial charge in [-0.15, -0.1) is 10.2 Å².